The van der Waals surface area contributed by atoms with Crippen LogP contribution in [0.5, 0.6) is 0 Å². The van der Waals surface area contributed by atoms with Crippen LogP contribution in [0.3, 0.4) is 0 Å². The zero-order valence-corrected chi connectivity index (χ0v) is 13.9. The van der Waals surface area contributed by atoms with Crippen LogP contribution in [-0.2, 0) is 0 Å². The van der Waals surface area contributed by atoms with Crippen molar-refractivity contribution in [1.29, 1.82) is 0 Å². The molecule has 1 nitrogen and oxygen atoms in total. The molecule has 0 aliphatic carbocycles. The van der Waals surface area contributed by atoms with Crippen molar-refractivity contribution in [2.24, 2.45) is 0 Å². The summed E-state index contributed by atoms with van der Waals surface area (Å²) in [4.78, 5) is 2.61. The fourth-order valence-corrected chi connectivity index (χ4v) is 2.28. The van der Waals surface area contributed by atoms with Crippen molar-refractivity contribution in [2.45, 2.75) is 59.4 Å². The molecule has 1 aromatic rings. The SMILES string of the molecule is CCCCN(C/C=C(/C)c1ccccc1)C(C)(C)CC. The Morgan fingerprint density at radius 3 is 2.35 bits per heavy atom. The number of hydrogen-bond donors (Lipinski definition) is 0. The van der Waals surface area contributed by atoms with Gasteiger partial charge in [-0.25, -0.2) is 0 Å². The highest BCUT2D eigenvalue weighted by molar-refractivity contribution is 5.63. The highest BCUT2D eigenvalue weighted by Gasteiger charge is 2.23. The zero-order valence-electron chi connectivity index (χ0n) is 13.9. The van der Waals surface area contributed by atoms with Crippen LogP contribution in [0.1, 0.15) is 59.4 Å². The van der Waals surface area contributed by atoms with Crippen molar-refractivity contribution >= 4 is 5.57 Å². The van der Waals surface area contributed by atoms with Gasteiger partial charge in [0.15, 0.2) is 0 Å². The summed E-state index contributed by atoms with van der Waals surface area (Å²) in [5.41, 5.74) is 2.99. The van der Waals surface area contributed by atoms with E-state index in [0.29, 0.717) is 0 Å². The lowest BCUT2D eigenvalue weighted by molar-refractivity contribution is 0.129. The summed E-state index contributed by atoms with van der Waals surface area (Å²) in [7, 11) is 0. The van der Waals surface area contributed by atoms with Gasteiger partial charge in [0.1, 0.15) is 0 Å². The molecule has 0 atom stereocenters. The van der Waals surface area contributed by atoms with Gasteiger partial charge in [-0.3, -0.25) is 4.90 Å². The highest BCUT2D eigenvalue weighted by atomic mass is 15.2. The molecule has 0 N–H and O–H groups in total. The van der Waals surface area contributed by atoms with Gasteiger partial charge in [0.25, 0.3) is 0 Å². The third-order valence-electron chi connectivity index (χ3n) is 4.35. The molecule has 0 saturated heterocycles. The number of benzene rings is 1. The Morgan fingerprint density at radius 1 is 1.15 bits per heavy atom. The van der Waals surface area contributed by atoms with E-state index in [9.17, 15) is 0 Å². The molecule has 0 heterocycles. The van der Waals surface area contributed by atoms with Crippen LogP contribution in [0.2, 0.25) is 0 Å². The van der Waals surface area contributed by atoms with E-state index >= 15 is 0 Å². The minimum atomic E-state index is 0.280. The molecule has 0 unspecified atom stereocenters. The summed E-state index contributed by atoms with van der Waals surface area (Å²) in [6.45, 7) is 13.7. The Bertz CT molecular complexity index is 403. The molecular formula is C19H31N. The Morgan fingerprint density at radius 2 is 1.80 bits per heavy atom. The lowest BCUT2D eigenvalue weighted by Crippen LogP contribution is -2.44. The second-order valence-corrected chi connectivity index (χ2v) is 6.22. The fraction of sp³-hybridized carbons (Fsp3) is 0.579. The van der Waals surface area contributed by atoms with Gasteiger partial charge in [0.05, 0.1) is 0 Å². The van der Waals surface area contributed by atoms with Crippen LogP contribution in [0.15, 0.2) is 36.4 Å². The van der Waals surface area contributed by atoms with E-state index in [1.165, 1.54) is 36.9 Å². The van der Waals surface area contributed by atoms with Gasteiger partial charge in [-0.15, -0.1) is 0 Å². The largest absolute Gasteiger partial charge is 0.295 e. The van der Waals surface area contributed by atoms with Crippen molar-refractivity contribution in [1.82, 2.24) is 4.90 Å². The van der Waals surface area contributed by atoms with E-state index < -0.39 is 0 Å². The van der Waals surface area contributed by atoms with Gasteiger partial charge in [0, 0.05) is 12.1 Å². The van der Waals surface area contributed by atoms with Gasteiger partial charge in [-0.2, -0.15) is 0 Å². The van der Waals surface area contributed by atoms with Crippen molar-refractivity contribution in [2.75, 3.05) is 13.1 Å². The molecule has 0 aliphatic rings. The highest BCUT2D eigenvalue weighted by Crippen LogP contribution is 2.20. The van der Waals surface area contributed by atoms with Gasteiger partial charge in [0.2, 0.25) is 0 Å². The lowest BCUT2D eigenvalue weighted by atomic mass is 9.98. The predicted molar refractivity (Wildman–Crippen MR) is 90.9 cm³/mol. The molecule has 0 fully saturated rings. The number of hydrogen-bond acceptors (Lipinski definition) is 1. The van der Waals surface area contributed by atoms with Crippen molar-refractivity contribution in [3.8, 4) is 0 Å². The molecule has 1 rings (SSSR count). The van der Waals surface area contributed by atoms with Gasteiger partial charge in [-0.1, -0.05) is 56.7 Å². The molecule has 112 valence electrons. The minimum absolute atomic E-state index is 0.280. The summed E-state index contributed by atoms with van der Waals surface area (Å²) in [5.74, 6) is 0. The summed E-state index contributed by atoms with van der Waals surface area (Å²) in [6, 6.07) is 10.7. The van der Waals surface area contributed by atoms with Crippen LogP contribution < -0.4 is 0 Å². The van der Waals surface area contributed by atoms with Crippen molar-refractivity contribution in [3.63, 3.8) is 0 Å². The summed E-state index contributed by atoms with van der Waals surface area (Å²) in [6.07, 6.45) is 6.11. The van der Waals surface area contributed by atoms with Crippen molar-refractivity contribution in [3.05, 3.63) is 42.0 Å². The van der Waals surface area contributed by atoms with Crippen LogP contribution >= 0.6 is 0 Å². The van der Waals surface area contributed by atoms with E-state index in [1.807, 2.05) is 0 Å². The van der Waals surface area contributed by atoms with Crippen LogP contribution in [-0.4, -0.2) is 23.5 Å². The van der Waals surface area contributed by atoms with Crippen LogP contribution in [0, 0.1) is 0 Å². The molecule has 0 spiro atoms. The molecule has 0 aliphatic heterocycles. The molecular weight excluding hydrogens is 242 g/mol. The number of allylic oxidation sites excluding steroid dienone is 1. The topological polar surface area (TPSA) is 3.24 Å². The quantitative estimate of drug-likeness (QED) is 0.614. The molecule has 0 radical (unpaired) electrons. The van der Waals surface area contributed by atoms with Crippen LogP contribution in [0.25, 0.3) is 5.57 Å². The van der Waals surface area contributed by atoms with Gasteiger partial charge >= 0.3 is 0 Å². The maximum Gasteiger partial charge on any atom is 0.0174 e. The maximum atomic E-state index is 2.61. The number of unbranched alkanes of at least 4 members (excludes halogenated alkanes) is 1. The minimum Gasteiger partial charge on any atom is -0.295 e. The standard InChI is InChI=1S/C19H31N/c1-6-8-15-20(19(4,5)7-2)16-14-17(3)18-12-10-9-11-13-18/h9-14H,6-8,15-16H2,1-5H3/b17-14-. The zero-order chi connectivity index (χ0) is 15.0. The van der Waals surface area contributed by atoms with Gasteiger partial charge in [-0.05, 0) is 51.3 Å². The van der Waals surface area contributed by atoms with E-state index in [2.05, 4.69) is 75.9 Å². The molecule has 0 aromatic heterocycles. The summed E-state index contributed by atoms with van der Waals surface area (Å²) >= 11 is 0. The molecule has 0 bridgehead atoms. The van der Waals surface area contributed by atoms with Crippen molar-refractivity contribution < 1.29 is 0 Å². The average Bonchev–Trinajstić information content (AvgIpc) is 2.47. The third kappa shape index (κ3) is 5.13. The molecule has 0 saturated carbocycles. The number of rotatable bonds is 8. The Hall–Kier alpha value is -1.08. The average molecular weight is 273 g/mol. The molecule has 1 aromatic carbocycles. The first-order chi connectivity index (χ1) is 9.51. The first-order valence-electron chi connectivity index (χ1n) is 7.98. The first-order valence-corrected chi connectivity index (χ1v) is 7.98. The second-order valence-electron chi connectivity index (χ2n) is 6.22. The lowest BCUT2D eigenvalue weighted by Gasteiger charge is -2.37. The molecule has 0 amide bonds. The first kappa shape index (κ1) is 17.0. The predicted octanol–water partition coefficient (Wildman–Crippen LogP) is 5.38. The third-order valence-corrected chi connectivity index (χ3v) is 4.35. The summed E-state index contributed by atoms with van der Waals surface area (Å²) < 4.78 is 0. The van der Waals surface area contributed by atoms with E-state index in [4.69, 9.17) is 0 Å². The molecule has 1 heteroatoms. The Balaban J connectivity index is 2.75. The second kappa shape index (κ2) is 8.26. The van der Waals surface area contributed by atoms with E-state index in [1.54, 1.807) is 0 Å². The maximum absolute atomic E-state index is 2.61. The summed E-state index contributed by atoms with van der Waals surface area (Å²) in [5, 5.41) is 0. The normalized spacial score (nSPS) is 13.0. The fourth-order valence-electron chi connectivity index (χ4n) is 2.28. The van der Waals surface area contributed by atoms with E-state index in [-0.39, 0.29) is 5.54 Å². The number of nitrogens with zero attached hydrogens (tertiary/aromatic N) is 1. The Kier molecular flexibility index (Phi) is 7.01. The smallest absolute Gasteiger partial charge is 0.0174 e. The monoisotopic (exact) mass is 273 g/mol. The van der Waals surface area contributed by atoms with Crippen LogP contribution in [0.4, 0.5) is 0 Å². The van der Waals surface area contributed by atoms with E-state index in [0.717, 1.165) is 6.54 Å². The molecule has 20 heavy (non-hydrogen) atoms. The van der Waals surface area contributed by atoms with Gasteiger partial charge < -0.3 is 0 Å². The Labute approximate surface area is 125 Å².